The van der Waals surface area contributed by atoms with Gasteiger partial charge < -0.3 is 15.4 Å². The zero-order chi connectivity index (χ0) is 21.2. The third-order valence-corrected chi connectivity index (χ3v) is 6.57. The highest BCUT2D eigenvalue weighted by molar-refractivity contribution is 6.23. The number of morpholine rings is 1. The highest BCUT2D eigenvalue weighted by Gasteiger charge is 2.26. The van der Waals surface area contributed by atoms with Crippen molar-refractivity contribution in [1.82, 2.24) is 15.2 Å². The first-order valence-electron chi connectivity index (χ1n) is 11.3. The number of nitrogens with zero attached hydrogens (tertiary/aromatic N) is 2. The van der Waals surface area contributed by atoms with Crippen molar-refractivity contribution in [2.24, 2.45) is 0 Å². The van der Waals surface area contributed by atoms with Crippen LogP contribution in [0.1, 0.15) is 37.3 Å². The molecule has 2 N–H and O–H groups in total. The second kappa shape index (κ2) is 8.81. The van der Waals surface area contributed by atoms with Crippen molar-refractivity contribution < 1.29 is 9.53 Å². The lowest BCUT2D eigenvalue weighted by Gasteiger charge is -2.29. The molecule has 3 heterocycles. The molecule has 3 aliphatic rings. The van der Waals surface area contributed by atoms with Gasteiger partial charge in [0.2, 0.25) is 0 Å². The number of carbonyl (C=O) groups excluding carboxylic acids is 1. The fraction of sp³-hybridized carbons (Fsp3) is 0.440. The van der Waals surface area contributed by atoms with Gasteiger partial charge in [-0.25, -0.2) is 0 Å². The third-order valence-electron chi connectivity index (χ3n) is 6.57. The lowest BCUT2D eigenvalue weighted by molar-refractivity contribution is -0.116. The fourth-order valence-corrected chi connectivity index (χ4v) is 4.51. The van der Waals surface area contributed by atoms with Gasteiger partial charge in [-0.2, -0.15) is 0 Å². The first-order chi connectivity index (χ1) is 15.2. The Morgan fingerprint density at radius 3 is 2.81 bits per heavy atom. The molecule has 1 aliphatic carbocycles. The molecule has 162 valence electrons. The van der Waals surface area contributed by atoms with Gasteiger partial charge in [0.05, 0.1) is 13.2 Å². The molecule has 6 heteroatoms. The molecule has 1 saturated heterocycles. The van der Waals surface area contributed by atoms with E-state index in [0.29, 0.717) is 12.6 Å². The maximum absolute atomic E-state index is 13.1. The normalized spacial score (nSPS) is 19.4. The van der Waals surface area contributed by atoms with Gasteiger partial charge in [-0.05, 0) is 61.1 Å². The lowest BCUT2D eigenvalue weighted by Crippen LogP contribution is -2.40. The van der Waals surface area contributed by atoms with Gasteiger partial charge in [-0.15, -0.1) is 0 Å². The van der Waals surface area contributed by atoms with E-state index >= 15 is 0 Å². The molecule has 5 rings (SSSR count). The monoisotopic (exact) mass is 418 g/mol. The van der Waals surface area contributed by atoms with E-state index in [1.807, 2.05) is 19.3 Å². The molecule has 31 heavy (non-hydrogen) atoms. The van der Waals surface area contributed by atoms with Crippen molar-refractivity contribution in [3.8, 4) is 11.1 Å². The number of carbonyl (C=O) groups is 1. The summed E-state index contributed by atoms with van der Waals surface area (Å²) in [6.07, 6.45) is 7.24. The van der Waals surface area contributed by atoms with Crippen LogP contribution in [0.2, 0.25) is 0 Å². The van der Waals surface area contributed by atoms with Crippen molar-refractivity contribution in [2.75, 3.05) is 38.2 Å². The van der Waals surface area contributed by atoms with Gasteiger partial charge >= 0.3 is 0 Å². The Morgan fingerprint density at radius 1 is 1.19 bits per heavy atom. The Bertz CT molecular complexity index is 1010. The smallest absolute Gasteiger partial charge is 0.252 e. The number of amides is 1. The van der Waals surface area contributed by atoms with Gasteiger partial charge in [0.15, 0.2) is 0 Å². The minimum atomic E-state index is 0.0568. The van der Waals surface area contributed by atoms with Crippen LogP contribution in [0.3, 0.4) is 0 Å². The predicted molar refractivity (Wildman–Crippen MR) is 123 cm³/mol. The molecule has 2 fully saturated rings. The number of anilines is 1. The molecule has 0 atom stereocenters. The van der Waals surface area contributed by atoms with E-state index in [-0.39, 0.29) is 5.91 Å². The zero-order valence-corrected chi connectivity index (χ0v) is 18.1. The summed E-state index contributed by atoms with van der Waals surface area (Å²) in [5.41, 5.74) is 7.27. The number of fused-ring (bicyclic) bond motifs is 1. The average Bonchev–Trinajstić information content (AvgIpc) is 2.76. The Kier molecular flexibility index (Phi) is 5.74. The third kappa shape index (κ3) is 4.36. The second-order valence-electron chi connectivity index (χ2n) is 8.84. The molecule has 0 radical (unpaired) electrons. The highest BCUT2D eigenvalue weighted by Crippen LogP contribution is 2.35. The van der Waals surface area contributed by atoms with Crippen LogP contribution < -0.4 is 10.6 Å². The van der Waals surface area contributed by atoms with Crippen LogP contribution >= 0.6 is 0 Å². The van der Waals surface area contributed by atoms with Gasteiger partial charge in [-0.3, -0.25) is 14.7 Å². The van der Waals surface area contributed by atoms with Gasteiger partial charge in [0.25, 0.3) is 5.91 Å². The molecule has 0 bridgehead atoms. The number of hydrogen-bond acceptors (Lipinski definition) is 5. The molecule has 2 aromatic rings. The first-order valence-corrected chi connectivity index (χ1v) is 11.3. The Balaban J connectivity index is 1.42. The van der Waals surface area contributed by atoms with Crippen molar-refractivity contribution in [1.29, 1.82) is 0 Å². The van der Waals surface area contributed by atoms with Crippen LogP contribution in [0.25, 0.3) is 16.7 Å². The van der Waals surface area contributed by atoms with Crippen LogP contribution in [-0.4, -0.2) is 54.7 Å². The highest BCUT2D eigenvalue weighted by atomic mass is 16.5. The maximum atomic E-state index is 13.1. The van der Waals surface area contributed by atoms with E-state index in [0.717, 1.165) is 79.2 Å². The quantitative estimate of drug-likeness (QED) is 0.779. The summed E-state index contributed by atoms with van der Waals surface area (Å²) < 4.78 is 5.46. The minimum absolute atomic E-state index is 0.0568. The topological polar surface area (TPSA) is 66.5 Å². The van der Waals surface area contributed by atoms with Crippen LogP contribution in [-0.2, 0) is 16.1 Å². The van der Waals surface area contributed by atoms with Crippen LogP contribution in [0.4, 0.5) is 5.69 Å². The number of rotatable bonds is 5. The number of ether oxygens (including phenoxy) is 1. The SMILES string of the molecule is CC1=C(C(=O)NC2CCC2)c2cc(-c3cncc(CN4CCOCC4)c3)ccc2NC1. The lowest BCUT2D eigenvalue weighted by atomic mass is 9.89. The average molecular weight is 419 g/mol. The molecule has 1 saturated carbocycles. The van der Waals surface area contributed by atoms with E-state index < -0.39 is 0 Å². The predicted octanol–water partition coefficient (Wildman–Crippen LogP) is 3.45. The number of hydrogen-bond donors (Lipinski definition) is 2. The largest absolute Gasteiger partial charge is 0.381 e. The molecular formula is C25H30N4O2. The Hall–Kier alpha value is -2.70. The molecule has 1 amide bonds. The first kappa shape index (κ1) is 20.2. The maximum Gasteiger partial charge on any atom is 0.252 e. The molecule has 0 spiro atoms. The summed E-state index contributed by atoms with van der Waals surface area (Å²) >= 11 is 0. The van der Waals surface area contributed by atoms with Crippen LogP contribution in [0.5, 0.6) is 0 Å². The standard InChI is InChI=1S/C25H30N4O2/c1-17-13-27-23-6-5-19(12-22(23)24(17)25(30)28-21-3-2-4-21)20-11-18(14-26-15-20)16-29-7-9-31-10-8-29/h5-6,11-12,14-15,21,27H,2-4,7-10,13,16H2,1H3,(H,28,30). The summed E-state index contributed by atoms with van der Waals surface area (Å²) in [6.45, 7) is 7.13. The molecule has 6 nitrogen and oxygen atoms in total. The molecule has 0 unspecified atom stereocenters. The van der Waals surface area contributed by atoms with Crippen molar-refractivity contribution in [3.63, 3.8) is 0 Å². The zero-order valence-electron chi connectivity index (χ0n) is 18.1. The summed E-state index contributed by atoms with van der Waals surface area (Å²) in [4.78, 5) is 20.0. The van der Waals surface area contributed by atoms with Crippen molar-refractivity contribution >= 4 is 17.2 Å². The molecule has 1 aromatic heterocycles. The molecular weight excluding hydrogens is 388 g/mol. The summed E-state index contributed by atoms with van der Waals surface area (Å²) in [5.74, 6) is 0.0568. The number of aromatic nitrogens is 1. The summed E-state index contributed by atoms with van der Waals surface area (Å²) in [5, 5.41) is 6.67. The van der Waals surface area contributed by atoms with Crippen LogP contribution in [0.15, 0.2) is 42.2 Å². The van der Waals surface area contributed by atoms with E-state index in [4.69, 9.17) is 4.74 Å². The van der Waals surface area contributed by atoms with E-state index in [9.17, 15) is 4.79 Å². The Labute approximate surface area is 183 Å². The number of nitrogens with one attached hydrogen (secondary N) is 2. The number of pyridine rings is 1. The summed E-state index contributed by atoms with van der Waals surface area (Å²) in [7, 11) is 0. The fourth-order valence-electron chi connectivity index (χ4n) is 4.51. The second-order valence-corrected chi connectivity index (χ2v) is 8.84. The van der Waals surface area contributed by atoms with Crippen molar-refractivity contribution in [2.45, 2.75) is 38.8 Å². The minimum Gasteiger partial charge on any atom is -0.381 e. The summed E-state index contributed by atoms with van der Waals surface area (Å²) in [6, 6.07) is 8.88. The molecule has 1 aromatic carbocycles. The van der Waals surface area contributed by atoms with E-state index in [1.54, 1.807) is 0 Å². The van der Waals surface area contributed by atoms with Gasteiger partial charge in [0, 0.05) is 67.0 Å². The van der Waals surface area contributed by atoms with Gasteiger partial charge in [-0.1, -0.05) is 6.07 Å². The van der Waals surface area contributed by atoms with Crippen LogP contribution in [0, 0.1) is 0 Å². The van der Waals surface area contributed by atoms with Crippen molar-refractivity contribution in [3.05, 3.63) is 53.4 Å². The Morgan fingerprint density at radius 2 is 2.03 bits per heavy atom. The van der Waals surface area contributed by atoms with E-state index in [2.05, 4.69) is 44.8 Å². The number of benzene rings is 1. The molecule has 2 aliphatic heterocycles. The van der Waals surface area contributed by atoms with Gasteiger partial charge in [0.1, 0.15) is 0 Å². The van der Waals surface area contributed by atoms with E-state index in [1.165, 1.54) is 12.0 Å².